The minimum atomic E-state index is -4.07. The molecule has 8 nitrogen and oxygen atoms in total. The lowest BCUT2D eigenvalue weighted by molar-refractivity contribution is 0.0964. The van der Waals surface area contributed by atoms with E-state index in [0.29, 0.717) is 22.6 Å². The summed E-state index contributed by atoms with van der Waals surface area (Å²) in [6.07, 6.45) is 2.43. The van der Waals surface area contributed by atoms with Crippen LogP contribution in [0.1, 0.15) is 40.2 Å². The Balaban J connectivity index is 1.71. The average molecular weight is 572 g/mol. The van der Waals surface area contributed by atoms with Gasteiger partial charge in [-0.05, 0) is 66.8 Å². The molecule has 4 aromatic rings. The summed E-state index contributed by atoms with van der Waals surface area (Å²) in [6.45, 7) is -0.595. The van der Waals surface area contributed by atoms with Crippen molar-refractivity contribution in [3.05, 3.63) is 82.7 Å². The Labute approximate surface area is 228 Å². The molecule has 1 fully saturated rings. The number of amides is 1. The van der Waals surface area contributed by atoms with Crippen LogP contribution in [-0.2, 0) is 16.6 Å². The van der Waals surface area contributed by atoms with Crippen LogP contribution < -0.4 is 15.1 Å². The number of furan rings is 1. The molecule has 0 saturated heterocycles. The Kier molecular flexibility index (Phi) is 7.15. The Morgan fingerprint density at radius 1 is 1.07 bits per heavy atom. The topological polar surface area (TPSA) is 120 Å². The van der Waals surface area contributed by atoms with Crippen LogP contribution in [0, 0.1) is 17.5 Å². The number of nitrogens with one attached hydrogen (secondary N) is 1. The van der Waals surface area contributed by atoms with E-state index in [-0.39, 0.29) is 34.1 Å². The van der Waals surface area contributed by atoms with Gasteiger partial charge in [0.1, 0.15) is 28.8 Å². The van der Waals surface area contributed by atoms with Crippen molar-refractivity contribution in [3.63, 3.8) is 0 Å². The molecule has 208 valence electrons. The molecular formula is C27H24BF3N2O6S. The van der Waals surface area contributed by atoms with Gasteiger partial charge in [-0.15, -0.1) is 0 Å². The normalized spacial score (nSPS) is 13.5. The summed E-state index contributed by atoms with van der Waals surface area (Å²) in [6, 6.07) is 9.80. The molecule has 0 aliphatic heterocycles. The first-order valence-corrected chi connectivity index (χ1v) is 14.1. The number of benzene rings is 3. The molecule has 1 aliphatic carbocycles. The highest BCUT2D eigenvalue weighted by Crippen LogP contribution is 2.48. The fourth-order valence-electron chi connectivity index (χ4n) is 4.70. The van der Waals surface area contributed by atoms with Gasteiger partial charge in [0.2, 0.25) is 10.0 Å². The molecular weight excluding hydrogens is 548 g/mol. The van der Waals surface area contributed by atoms with E-state index >= 15 is 0 Å². The lowest BCUT2D eigenvalue weighted by Crippen LogP contribution is -2.35. The minimum absolute atomic E-state index is 0.0427. The first-order chi connectivity index (χ1) is 18.9. The molecule has 1 aliphatic rings. The molecule has 1 saturated carbocycles. The second-order valence-electron chi connectivity index (χ2n) is 9.68. The van der Waals surface area contributed by atoms with Gasteiger partial charge >= 0.3 is 7.12 Å². The molecule has 40 heavy (non-hydrogen) atoms. The fourth-order valence-corrected chi connectivity index (χ4v) is 5.59. The van der Waals surface area contributed by atoms with Crippen molar-refractivity contribution in [3.8, 4) is 11.3 Å². The predicted molar refractivity (Wildman–Crippen MR) is 144 cm³/mol. The highest BCUT2D eigenvalue weighted by molar-refractivity contribution is 7.92. The number of halogens is 3. The van der Waals surface area contributed by atoms with E-state index in [4.69, 9.17) is 4.42 Å². The highest BCUT2D eigenvalue weighted by Gasteiger charge is 2.34. The second kappa shape index (κ2) is 10.3. The zero-order chi connectivity index (χ0) is 28.9. The number of hydrogen-bond donors (Lipinski definition) is 3. The van der Waals surface area contributed by atoms with E-state index in [9.17, 15) is 36.4 Å². The van der Waals surface area contributed by atoms with Crippen molar-refractivity contribution in [2.45, 2.75) is 25.3 Å². The van der Waals surface area contributed by atoms with E-state index in [1.165, 1.54) is 37.4 Å². The maximum Gasteiger partial charge on any atom is 0.491 e. The van der Waals surface area contributed by atoms with Crippen LogP contribution >= 0.6 is 0 Å². The second-order valence-corrected chi connectivity index (χ2v) is 11.6. The first kappa shape index (κ1) is 27.8. The summed E-state index contributed by atoms with van der Waals surface area (Å²) in [7, 11) is -4.87. The largest absolute Gasteiger partial charge is 0.491 e. The Hall–Kier alpha value is -3.81. The van der Waals surface area contributed by atoms with Crippen molar-refractivity contribution >= 4 is 45.2 Å². The predicted octanol–water partition coefficient (Wildman–Crippen LogP) is 3.40. The maximum atomic E-state index is 14.9. The molecule has 5 rings (SSSR count). The molecule has 0 radical (unpaired) electrons. The molecule has 0 atom stereocenters. The van der Waals surface area contributed by atoms with Gasteiger partial charge in [0, 0.05) is 35.1 Å². The lowest BCUT2D eigenvalue weighted by Gasteiger charge is -2.26. The van der Waals surface area contributed by atoms with Crippen LogP contribution in [0.25, 0.3) is 22.3 Å². The number of hydrogen-bond acceptors (Lipinski definition) is 6. The molecule has 0 spiro atoms. The third-order valence-electron chi connectivity index (χ3n) is 6.84. The number of carbonyl (C=O) groups is 1. The molecule has 0 bridgehead atoms. The highest BCUT2D eigenvalue weighted by atomic mass is 32.2. The van der Waals surface area contributed by atoms with Gasteiger partial charge in [0.15, 0.2) is 0 Å². The van der Waals surface area contributed by atoms with Gasteiger partial charge in [0.05, 0.1) is 24.1 Å². The van der Waals surface area contributed by atoms with Crippen LogP contribution in [0.5, 0.6) is 0 Å². The van der Waals surface area contributed by atoms with E-state index in [0.717, 1.165) is 29.5 Å². The van der Waals surface area contributed by atoms with Crippen LogP contribution in [0.15, 0.2) is 52.9 Å². The summed E-state index contributed by atoms with van der Waals surface area (Å²) in [5.41, 5.74) is 0.523. The van der Waals surface area contributed by atoms with Crippen molar-refractivity contribution in [1.29, 1.82) is 0 Å². The first-order valence-electron chi connectivity index (χ1n) is 12.3. The molecule has 3 N–H and O–H groups in total. The Bertz CT molecular complexity index is 1740. The number of rotatable bonds is 8. The third-order valence-corrected chi connectivity index (χ3v) is 7.97. The Morgan fingerprint density at radius 3 is 2.33 bits per heavy atom. The summed E-state index contributed by atoms with van der Waals surface area (Å²) in [5.74, 6) is -2.96. The molecule has 1 heterocycles. The standard InChI is InChI=1S/C27H24BF3N2O6S/c1-32-27(34)25-19-10-18(14-3-4-14)23(12-24(19)39-26(25)15-5-7-17(29)8-6-15)33(40(2,37)38)13-16-9-22(31)20(28(35)36)11-21(16)30/h5-12,14,35-36H,3-4,13H2,1-2H3,(H,32,34). The van der Waals surface area contributed by atoms with Gasteiger partial charge in [-0.25, -0.2) is 21.6 Å². The number of sulfonamides is 1. The van der Waals surface area contributed by atoms with Gasteiger partial charge in [0.25, 0.3) is 5.91 Å². The van der Waals surface area contributed by atoms with Gasteiger partial charge in [-0.3, -0.25) is 9.10 Å². The zero-order valence-electron chi connectivity index (χ0n) is 21.4. The van der Waals surface area contributed by atoms with E-state index in [2.05, 4.69) is 5.32 Å². The average Bonchev–Trinajstić information content (AvgIpc) is 3.67. The number of fused-ring (bicyclic) bond motifs is 1. The van der Waals surface area contributed by atoms with E-state index in [1.54, 1.807) is 6.07 Å². The van der Waals surface area contributed by atoms with E-state index in [1.807, 2.05) is 0 Å². The summed E-state index contributed by atoms with van der Waals surface area (Å²) < 4.78 is 75.9. The molecule has 1 amide bonds. The maximum absolute atomic E-state index is 14.9. The number of nitrogens with zero attached hydrogens (tertiary/aromatic N) is 1. The van der Waals surface area contributed by atoms with Gasteiger partial charge in [-0.1, -0.05) is 0 Å². The fraction of sp³-hybridized carbons (Fsp3) is 0.222. The van der Waals surface area contributed by atoms with Crippen LogP contribution in [0.4, 0.5) is 18.9 Å². The van der Waals surface area contributed by atoms with Crippen molar-refractivity contribution in [2.24, 2.45) is 0 Å². The third kappa shape index (κ3) is 5.19. The smallest absolute Gasteiger partial charge is 0.455 e. The van der Waals surface area contributed by atoms with Crippen LogP contribution in [0.3, 0.4) is 0 Å². The summed E-state index contributed by atoms with van der Waals surface area (Å²) >= 11 is 0. The van der Waals surface area contributed by atoms with Crippen LogP contribution in [0.2, 0.25) is 0 Å². The van der Waals surface area contributed by atoms with Crippen molar-refractivity contribution < 1.29 is 40.8 Å². The van der Waals surface area contributed by atoms with Crippen molar-refractivity contribution in [2.75, 3.05) is 17.6 Å². The zero-order valence-corrected chi connectivity index (χ0v) is 22.2. The van der Waals surface area contributed by atoms with Crippen molar-refractivity contribution in [1.82, 2.24) is 5.32 Å². The molecule has 1 aromatic heterocycles. The van der Waals surface area contributed by atoms with Crippen LogP contribution in [-0.4, -0.2) is 44.8 Å². The summed E-state index contributed by atoms with van der Waals surface area (Å²) in [4.78, 5) is 12.9. The molecule has 0 unspecified atom stereocenters. The number of anilines is 1. The quantitative estimate of drug-likeness (QED) is 0.279. The summed E-state index contributed by atoms with van der Waals surface area (Å²) in [5, 5.41) is 21.5. The number of carbonyl (C=O) groups excluding carboxylic acids is 1. The van der Waals surface area contributed by atoms with Gasteiger partial charge in [-0.2, -0.15) is 0 Å². The van der Waals surface area contributed by atoms with Gasteiger partial charge < -0.3 is 19.8 Å². The Morgan fingerprint density at radius 2 is 1.75 bits per heavy atom. The van der Waals surface area contributed by atoms with E-state index < -0.39 is 52.5 Å². The SMILES string of the molecule is CNC(=O)c1c(-c2ccc(F)cc2)oc2cc(N(Cc3cc(F)c(B(O)O)cc3F)S(C)(=O)=O)c(C3CC3)cc12. The lowest BCUT2D eigenvalue weighted by atomic mass is 9.79. The molecule has 13 heteroatoms. The minimum Gasteiger partial charge on any atom is -0.455 e. The molecule has 3 aromatic carbocycles. The monoisotopic (exact) mass is 572 g/mol.